The summed E-state index contributed by atoms with van der Waals surface area (Å²) in [6, 6.07) is 8.75. The Morgan fingerprint density at radius 2 is 1.42 bits per heavy atom. The lowest BCUT2D eigenvalue weighted by Gasteiger charge is -2.07. The molecule has 0 saturated heterocycles. The molecular formula is C12H11N3O4. The highest BCUT2D eigenvalue weighted by Crippen LogP contribution is 2.14. The Morgan fingerprint density at radius 3 is 1.84 bits per heavy atom. The molecule has 0 unspecified atom stereocenters. The van der Waals surface area contributed by atoms with Gasteiger partial charge in [-0.3, -0.25) is 4.57 Å². The smallest absolute Gasteiger partial charge is 0.376 e. The minimum absolute atomic E-state index is 0.0888. The highest BCUT2D eigenvalue weighted by Gasteiger charge is 2.25. The van der Waals surface area contributed by atoms with Gasteiger partial charge in [-0.15, -0.1) is 10.2 Å². The number of nitrogens with zero attached hydrogens (tertiary/aromatic N) is 3. The van der Waals surface area contributed by atoms with Crippen LogP contribution in [0.5, 0.6) is 0 Å². The van der Waals surface area contributed by atoms with Crippen LogP contribution in [0.2, 0.25) is 0 Å². The van der Waals surface area contributed by atoms with E-state index in [0.717, 1.165) is 0 Å². The van der Waals surface area contributed by atoms with Crippen molar-refractivity contribution in [3.8, 4) is 5.69 Å². The lowest BCUT2D eigenvalue weighted by molar-refractivity contribution is 0.0579. The molecule has 0 aliphatic carbocycles. The first-order valence-electron chi connectivity index (χ1n) is 5.36. The van der Waals surface area contributed by atoms with Crippen LogP contribution in [0, 0.1) is 0 Å². The maximum atomic E-state index is 11.6. The van der Waals surface area contributed by atoms with Gasteiger partial charge in [0.1, 0.15) is 0 Å². The molecule has 0 radical (unpaired) electrons. The average molecular weight is 261 g/mol. The van der Waals surface area contributed by atoms with Crippen molar-refractivity contribution in [2.24, 2.45) is 0 Å². The van der Waals surface area contributed by atoms with Gasteiger partial charge < -0.3 is 9.47 Å². The van der Waals surface area contributed by atoms with E-state index < -0.39 is 11.9 Å². The molecule has 2 aromatic rings. The molecule has 7 heteroatoms. The molecule has 2 rings (SSSR count). The van der Waals surface area contributed by atoms with Gasteiger partial charge in [0.15, 0.2) is 0 Å². The quantitative estimate of drug-likeness (QED) is 0.761. The number of rotatable bonds is 3. The Labute approximate surface area is 108 Å². The number of para-hydroxylation sites is 1. The molecule has 0 spiro atoms. The predicted molar refractivity (Wildman–Crippen MR) is 64.0 cm³/mol. The zero-order chi connectivity index (χ0) is 13.8. The molecule has 1 aromatic carbocycles. The van der Waals surface area contributed by atoms with Crippen LogP contribution >= 0.6 is 0 Å². The first-order chi connectivity index (χ1) is 9.19. The van der Waals surface area contributed by atoms with Gasteiger partial charge in [0.05, 0.1) is 14.2 Å². The molecule has 0 amide bonds. The van der Waals surface area contributed by atoms with Crippen LogP contribution in [0.4, 0.5) is 0 Å². The number of methoxy groups -OCH3 is 2. The standard InChI is InChI=1S/C12H11N3O4/c1-18-11(16)9-13-14-10(12(17)19-2)15(9)8-6-4-3-5-7-8/h3-7H,1-2H3. The number of carbonyl (C=O) groups excluding carboxylic acids is 2. The summed E-state index contributed by atoms with van der Waals surface area (Å²) in [5.41, 5.74) is 0.563. The van der Waals surface area contributed by atoms with E-state index in [-0.39, 0.29) is 11.6 Å². The van der Waals surface area contributed by atoms with Crippen molar-refractivity contribution in [2.75, 3.05) is 14.2 Å². The van der Waals surface area contributed by atoms with Crippen molar-refractivity contribution in [1.82, 2.24) is 14.8 Å². The number of esters is 2. The second-order valence-corrected chi connectivity index (χ2v) is 3.50. The van der Waals surface area contributed by atoms with Gasteiger partial charge in [0.2, 0.25) is 11.6 Å². The fourth-order valence-electron chi connectivity index (χ4n) is 1.55. The third kappa shape index (κ3) is 2.30. The van der Waals surface area contributed by atoms with Gasteiger partial charge in [-0.05, 0) is 12.1 Å². The van der Waals surface area contributed by atoms with E-state index in [1.165, 1.54) is 18.8 Å². The SMILES string of the molecule is COC(=O)c1nnc(C(=O)OC)n1-c1ccccc1. The monoisotopic (exact) mass is 261 g/mol. The third-order valence-electron chi connectivity index (χ3n) is 2.41. The highest BCUT2D eigenvalue weighted by atomic mass is 16.5. The summed E-state index contributed by atoms with van der Waals surface area (Å²) in [6.07, 6.45) is 0. The summed E-state index contributed by atoms with van der Waals surface area (Å²) < 4.78 is 10.5. The average Bonchev–Trinajstić information content (AvgIpc) is 2.91. The molecule has 19 heavy (non-hydrogen) atoms. The molecule has 98 valence electrons. The number of aromatic nitrogens is 3. The molecule has 1 heterocycles. The molecule has 0 aliphatic heterocycles. The second-order valence-electron chi connectivity index (χ2n) is 3.50. The summed E-state index contributed by atoms with van der Waals surface area (Å²) >= 11 is 0. The molecule has 7 nitrogen and oxygen atoms in total. The van der Waals surface area contributed by atoms with Gasteiger partial charge >= 0.3 is 11.9 Å². The molecule has 1 aromatic heterocycles. The lowest BCUT2D eigenvalue weighted by Crippen LogP contribution is -2.15. The van der Waals surface area contributed by atoms with Crippen molar-refractivity contribution in [2.45, 2.75) is 0 Å². The van der Waals surface area contributed by atoms with E-state index >= 15 is 0 Å². The van der Waals surface area contributed by atoms with Gasteiger partial charge in [0, 0.05) is 5.69 Å². The largest absolute Gasteiger partial charge is 0.463 e. The lowest BCUT2D eigenvalue weighted by atomic mass is 10.3. The molecular weight excluding hydrogens is 250 g/mol. The van der Waals surface area contributed by atoms with Crippen LogP contribution in [0.1, 0.15) is 21.2 Å². The fourth-order valence-corrected chi connectivity index (χ4v) is 1.55. The molecule has 0 N–H and O–H groups in total. The number of benzene rings is 1. The summed E-state index contributed by atoms with van der Waals surface area (Å²) in [4.78, 5) is 23.3. The molecule has 0 bridgehead atoms. The second kappa shape index (κ2) is 5.30. The van der Waals surface area contributed by atoms with Crippen LogP contribution in [0.15, 0.2) is 30.3 Å². The van der Waals surface area contributed by atoms with Gasteiger partial charge in [-0.2, -0.15) is 0 Å². The third-order valence-corrected chi connectivity index (χ3v) is 2.41. The van der Waals surface area contributed by atoms with E-state index in [9.17, 15) is 9.59 Å². The van der Waals surface area contributed by atoms with Crippen molar-refractivity contribution >= 4 is 11.9 Å². The number of carbonyl (C=O) groups is 2. The van der Waals surface area contributed by atoms with E-state index in [1.54, 1.807) is 24.3 Å². The van der Waals surface area contributed by atoms with Crippen LogP contribution in [-0.4, -0.2) is 40.9 Å². The highest BCUT2D eigenvalue weighted by molar-refractivity contribution is 5.91. The van der Waals surface area contributed by atoms with Gasteiger partial charge in [-0.1, -0.05) is 18.2 Å². The number of ether oxygens (including phenoxy) is 2. The van der Waals surface area contributed by atoms with Gasteiger partial charge in [0.25, 0.3) is 0 Å². The minimum Gasteiger partial charge on any atom is -0.463 e. The Hall–Kier alpha value is -2.70. The van der Waals surface area contributed by atoms with Crippen LogP contribution in [0.3, 0.4) is 0 Å². The maximum Gasteiger partial charge on any atom is 0.376 e. The van der Waals surface area contributed by atoms with Crippen molar-refractivity contribution in [3.63, 3.8) is 0 Å². The Kier molecular flexibility index (Phi) is 3.56. The first kappa shape index (κ1) is 12.7. The molecule has 0 aliphatic rings. The zero-order valence-corrected chi connectivity index (χ0v) is 10.4. The summed E-state index contributed by atoms with van der Waals surface area (Å²) in [5, 5.41) is 7.34. The number of hydrogen-bond donors (Lipinski definition) is 0. The Balaban J connectivity index is 2.63. The van der Waals surface area contributed by atoms with E-state index in [2.05, 4.69) is 19.7 Å². The fraction of sp³-hybridized carbons (Fsp3) is 0.167. The first-order valence-corrected chi connectivity index (χ1v) is 5.36. The normalized spacial score (nSPS) is 10.0. The summed E-state index contributed by atoms with van der Waals surface area (Å²) in [7, 11) is 2.45. The summed E-state index contributed by atoms with van der Waals surface area (Å²) in [6.45, 7) is 0. The minimum atomic E-state index is -0.688. The zero-order valence-electron chi connectivity index (χ0n) is 10.4. The maximum absolute atomic E-state index is 11.6. The summed E-state index contributed by atoms with van der Waals surface area (Å²) in [5.74, 6) is -1.55. The van der Waals surface area contributed by atoms with Crippen molar-refractivity contribution < 1.29 is 19.1 Å². The van der Waals surface area contributed by atoms with Crippen molar-refractivity contribution in [3.05, 3.63) is 42.0 Å². The van der Waals surface area contributed by atoms with E-state index in [0.29, 0.717) is 5.69 Å². The molecule has 0 fully saturated rings. The van der Waals surface area contributed by atoms with Crippen LogP contribution in [0.25, 0.3) is 5.69 Å². The number of hydrogen-bond acceptors (Lipinski definition) is 6. The molecule has 0 saturated carbocycles. The predicted octanol–water partition coefficient (Wildman–Crippen LogP) is 0.840. The Bertz CT molecular complexity index is 573. The van der Waals surface area contributed by atoms with Crippen LogP contribution in [-0.2, 0) is 9.47 Å². The van der Waals surface area contributed by atoms with Gasteiger partial charge in [-0.25, -0.2) is 9.59 Å². The molecule has 0 atom stereocenters. The topological polar surface area (TPSA) is 83.3 Å². The van der Waals surface area contributed by atoms with E-state index in [4.69, 9.17) is 0 Å². The Morgan fingerprint density at radius 1 is 0.947 bits per heavy atom. The van der Waals surface area contributed by atoms with E-state index in [1.807, 2.05) is 6.07 Å². The van der Waals surface area contributed by atoms with Crippen molar-refractivity contribution in [1.29, 1.82) is 0 Å². The van der Waals surface area contributed by atoms with Crippen LogP contribution < -0.4 is 0 Å².